The van der Waals surface area contributed by atoms with Crippen molar-refractivity contribution in [2.45, 2.75) is 19.1 Å². The van der Waals surface area contributed by atoms with E-state index in [0.29, 0.717) is 26.6 Å². The number of hydrogen-bond donors (Lipinski definition) is 2. The molecule has 1 aliphatic heterocycles. The summed E-state index contributed by atoms with van der Waals surface area (Å²) in [6.07, 6.45) is 0.406. The van der Waals surface area contributed by atoms with Crippen LogP contribution in [-0.2, 0) is 17.7 Å². The molecule has 0 amide bonds. The van der Waals surface area contributed by atoms with Crippen LogP contribution >= 0.6 is 0 Å². The Bertz CT molecular complexity index is 639. The quantitative estimate of drug-likeness (QED) is 0.510. The van der Waals surface area contributed by atoms with Crippen LogP contribution in [-0.4, -0.2) is 37.8 Å². The third-order valence-electron chi connectivity index (χ3n) is 3.94. The Labute approximate surface area is 154 Å². The lowest BCUT2D eigenvalue weighted by Crippen LogP contribution is -3.00. The summed E-state index contributed by atoms with van der Waals surface area (Å²) >= 11 is 0. The van der Waals surface area contributed by atoms with E-state index in [0.717, 1.165) is 30.0 Å². The van der Waals surface area contributed by atoms with Crippen molar-refractivity contribution in [1.82, 2.24) is 0 Å². The molecule has 0 saturated heterocycles. The predicted octanol–water partition coefficient (Wildman–Crippen LogP) is -1.90. The summed E-state index contributed by atoms with van der Waals surface area (Å²) in [4.78, 5) is 0. The van der Waals surface area contributed by atoms with Crippen molar-refractivity contribution in [3.05, 3.63) is 59.7 Å². The molecule has 0 aliphatic carbocycles. The molecule has 3 rings (SSSR count). The van der Waals surface area contributed by atoms with Gasteiger partial charge in [0.15, 0.2) is 11.5 Å². The Morgan fingerprint density at radius 1 is 1.04 bits per heavy atom. The average Bonchev–Trinajstić information content (AvgIpc) is 3.07. The molecule has 0 aromatic heterocycles. The molecule has 1 unspecified atom stereocenters. The molecule has 1 aliphatic rings. The van der Waals surface area contributed by atoms with Gasteiger partial charge in [0, 0.05) is 5.56 Å². The van der Waals surface area contributed by atoms with E-state index < -0.39 is 6.10 Å². The highest BCUT2D eigenvalue weighted by Crippen LogP contribution is 2.32. The van der Waals surface area contributed by atoms with Crippen molar-refractivity contribution in [3.8, 4) is 11.5 Å². The van der Waals surface area contributed by atoms with Gasteiger partial charge in [-0.25, -0.2) is 0 Å². The van der Waals surface area contributed by atoms with E-state index in [4.69, 9.17) is 14.2 Å². The third kappa shape index (κ3) is 6.21. The highest BCUT2D eigenvalue weighted by molar-refractivity contribution is 5.44. The van der Waals surface area contributed by atoms with Gasteiger partial charge in [-0.15, -0.1) is 0 Å². The fraction of sp³-hybridized carbons (Fsp3) is 0.368. The van der Waals surface area contributed by atoms with Crippen molar-refractivity contribution in [3.63, 3.8) is 0 Å². The van der Waals surface area contributed by atoms with Crippen LogP contribution < -0.4 is 27.2 Å². The molecule has 0 bridgehead atoms. The summed E-state index contributed by atoms with van der Waals surface area (Å²) < 4.78 is 16.2. The lowest BCUT2D eigenvalue weighted by molar-refractivity contribution is -0.676. The van der Waals surface area contributed by atoms with Crippen molar-refractivity contribution >= 4 is 0 Å². The number of rotatable bonds is 9. The van der Waals surface area contributed by atoms with Gasteiger partial charge in [-0.3, -0.25) is 0 Å². The minimum Gasteiger partial charge on any atom is -1.00 e. The Kier molecular flexibility index (Phi) is 8.01. The summed E-state index contributed by atoms with van der Waals surface area (Å²) in [5.74, 6) is 1.59. The monoisotopic (exact) mass is 365 g/mol. The van der Waals surface area contributed by atoms with Crippen LogP contribution in [0.5, 0.6) is 11.5 Å². The smallest absolute Gasteiger partial charge is 0.231 e. The zero-order valence-corrected chi connectivity index (χ0v) is 14.8. The first-order valence-electron chi connectivity index (χ1n) is 8.31. The van der Waals surface area contributed by atoms with E-state index in [9.17, 15) is 5.11 Å². The molecule has 2 aromatic rings. The van der Waals surface area contributed by atoms with Crippen molar-refractivity contribution < 1.29 is 37.0 Å². The van der Waals surface area contributed by atoms with E-state index in [1.807, 2.05) is 36.4 Å². The van der Waals surface area contributed by atoms with Gasteiger partial charge >= 0.3 is 0 Å². The molecule has 3 N–H and O–H groups in total. The maximum atomic E-state index is 9.98. The van der Waals surface area contributed by atoms with Crippen LogP contribution in [0.15, 0.2) is 48.5 Å². The molecule has 25 heavy (non-hydrogen) atoms. The second kappa shape index (κ2) is 10.3. The Balaban J connectivity index is 0.00000225. The van der Waals surface area contributed by atoms with Gasteiger partial charge in [-0.05, 0) is 30.2 Å². The van der Waals surface area contributed by atoms with Crippen LogP contribution in [0.4, 0.5) is 0 Å². The number of nitrogens with two attached hydrogens (primary N) is 1. The van der Waals surface area contributed by atoms with Crippen LogP contribution in [0.3, 0.4) is 0 Å². The Hall–Kier alpha value is -1.79. The maximum absolute atomic E-state index is 9.98. The van der Waals surface area contributed by atoms with E-state index in [-0.39, 0.29) is 12.4 Å². The fourth-order valence-electron chi connectivity index (χ4n) is 2.63. The van der Waals surface area contributed by atoms with Gasteiger partial charge in [0.2, 0.25) is 6.79 Å². The SMILES string of the molecule is OC(C[NH2+]Cc1ccc2c(c1)OCO2)COCCc1ccccc1.[Cl-]. The topological polar surface area (TPSA) is 64.5 Å². The molecule has 1 heterocycles. The second-order valence-corrected chi connectivity index (χ2v) is 5.88. The summed E-state index contributed by atoms with van der Waals surface area (Å²) in [7, 11) is 0. The number of aliphatic hydroxyl groups excluding tert-OH is 1. The fourth-order valence-corrected chi connectivity index (χ4v) is 2.63. The minimum absolute atomic E-state index is 0. The minimum atomic E-state index is -0.463. The number of aliphatic hydroxyl groups is 1. The number of halogens is 1. The number of hydrogen-bond acceptors (Lipinski definition) is 4. The van der Waals surface area contributed by atoms with Crippen LogP contribution in [0, 0.1) is 0 Å². The Morgan fingerprint density at radius 2 is 1.84 bits per heavy atom. The third-order valence-corrected chi connectivity index (χ3v) is 3.94. The van der Waals surface area contributed by atoms with Crippen molar-refractivity contribution in [2.24, 2.45) is 0 Å². The van der Waals surface area contributed by atoms with Crippen molar-refractivity contribution in [2.75, 3.05) is 26.6 Å². The summed E-state index contributed by atoms with van der Waals surface area (Å²) in [5.41, 5.74) is 2.40. The molecule has 0 radical (unpaired) electrons. The average molecular weight is 366 g/mol. The molecule has 6 heteroatoms. The van der Waals surface area contributed by atoms with Gasteiger partial charge in [0.1, 0.15) is 19.2 Å². The number of quaternary nitrogens is 1. The van der Waals surface area contributed by atoms with E-state index >= 15 is 0 Å². The molecular weight excluding hydrogens is 342 g/mol. The zero-order valence-electron chi connectivity index (χ0n) is 14.1. The molecule has 1 atom stereocenters. The first-order chi connectivity index (χ1) is 11.8. The highest BCUT2D eigenvalue weighted by Gasteiger charge is 2.14. The molecule has 5 nitrogen and oxygen atoms in total. The Morgan fingerprint density at radius 3 is 2.68 bits per heavy atom. The van der Waals surface area contributed by atoms with Gasteiger partial charge in [0.25, 0.3) is 0 Å². The maximum Gasteiger partial charge on any atom is 0.231 e. The zero-order chi connectivity index (χ0) is 16.6. The number of fused-ring (bicyclic) bond motifs is 1. The summed E-state index contributed by atoms with van der Waals surface area (Å²) in [6.45, 7) is 2.69. The van der Waals surface area contributed by atoms with E-state index in [2.05, 4.69) is 17.4 Å². The molecular formula is C19H24ClNO4. The van der Waals surface area contributed by atoms with Crippen LogP contribution in [0.2, 0.25) is 0 Å². The predicted molar refractivity (Wildman–Crippen MR) is 90.0 cm³/mol. The normalized spacial score (nSPS) is 13.3. The molecule has 0 saturated carbocycles. The number of benzene rings is 2. The molecule has 0 spiro atoms. The van der Waals surface area contributed by atoms with Crippen molar-refractivity contribution in [1.29, 1.82) is 0 Å². The van der Waals surface area contributed by atoms with Gasteiger partial charge in [0.05, 0.1) is 13.2 Å². The largest absolute Gasteiger partial charge is 1.00 e. The highest BCUT2D eigenvalue weighted by atomic mass is 35.5. The number of ether oxygens (including phenoxy) is 3. The summed E-state index contributed by atoms with van der Waals surface area (Å²) in [5, 5.41) is 12.1. The summed E-state index contributed by atoms with van der Waals surface area (Å²) in [6, 6.07) is 16.1. The standard InChI is InChI=1S/C19H23NO4.ClH/c21-17(13-22-9-8-15-4-2-1-3-5-15)12-20-11-16-6-7-18-19(10-16)24-14-23-18;/h1-7,10,17,20-21H,8-9,11-14H2;1H. The van der Waals surface area contributed by atoms with Crippen LogP contribution in [0.1, 0.15) is 11.1 Å². The van der Waals surface area contributed by atoms with Gasteiger partial charge < -0.3 is 37.0 Å². The molecule has 136 valence electrons. The van der Waals surface area contributed by atoms with Gasteiger partial charge in [-0.2, -0.15) is 0 Å². The van der Waals surface area contributed by atoms with Gasteiger partial charge in [-0.1, -0.05) is 30.3 Å². The second-order valence-electron chi connectivity index (χ2n) is 5.88. The lowest BCUT2D eigenvalue weighted by Gasteiger charge is -2.10. The first-order valence-corrected chi connectivity index (χ1v) is 8.31. The molecule has 0 fully saturated rings. The first kappa shape index (κ1) is 19.5. The lowest BCUT2D eigenvalue weighted by atomic mass is 10.2. The van der Waals surface area contributed by atoms with E-state index in [1.165, 1.54) is 5.56 Å². The molecule has 2 aromatic carbocycles. The van der Waals surface area contributed by atoms with E-state index in [1.54, 1.807) is 0 Å². The van der Waals surface area contributed by atoms with Crippen LogP contribution in [0.25, 0.3) is 0 Å².